The summed E-state index contributed by atoms with van der Waals surface area (Å²) in [6, 6.07) is 11.7. The molecule has 0 saturated carbocycles. The van der Waals surface area contributed by atoms with Crippen LogP contribution < -0.4 is 15.8 Å². The molecular weight excluding hydrogens is 567 g/mol. The number of primary amides is 1. The number of amides is 2. The molecular formula is C31H31F3N3O6+. The molecule has 2 aromatic carbocycles. The Morgan fingerprint density at radius 3 is 2.37 bits per heavy atom. The van der Waals surface area contributed by atoms with Gasteiger partial charge in [-0.15, -0.1) is 0 Å². The normalized spacial score (nSPS) is 27.3. The molecule has 0 aliphatic carbocycles. The molecule has 0 bridgehead atoms. The first kappa shape index (κ1) is 29.2. The number of rotatable bonds is 3. The first-order valence-corrected chi connectivity index (χ1v) is 14.0. The quantitative estimate of drug-likeness (QED) is 0.460. The molecule has 3 aromatic rings. The van der Waals surface area contributed by atoms with Crippen molar-refractivity contribution >= 4 is 17.5 Å². The van der Waals surface area contributed by atoms with Gasteiger partial charge in [0, 0.05) is 48.4 Å². The third kappa shape index (κ3) is 5.07. The highest BCUT2D eigenvalue weighted by molar-refractivity contribution is 5.95. The van der Waals surface area contributed by atoms with Crippen molar-refractivity contribution in [3.05, 3.63) is 87.3 Å². The van der Waals surface area contributed by atoms with E-state index in [1.165, 1.54) is 29.0 Å². The molecule has 6 rings (SSSR count). The van der Waals surface area contributed by atoms with Crippen LogP contribution >= 0.6 is 0 Å². The van der Waals surface area contributed by atoms with E-state index < -0.39 is 48.7 Å². The van der Waals surface area contributed by atoms with Crippen LogP contribution in [0.15, 0.2) is 59.5 Å². The summed E-state index contributed by atoms with van der Waals surface area (Å²) < 4.78 is 60.0. The number of nitrogens with two attached hydrogens (primary N) is 1. The lowest BCUT2D eigenvalue weighted by molar-refractivity contribution is -0.223. The minimum absolute atomic E-state index is 0.122. The van der Waals surface area contributed by atoms with Crippen molar-refractivity contribution in [1.82, 2.24) is 9.05 Å². The van der Waals surface area contributed by atoms with Crippen LogP contribution in [0.4, 0.5) is 18.9 Å². The number of ether oxygens (including phenoxy) is 3. The lowest BCUT2D eigenvalue weighted by Gasteiger charge is -2.48. The van der Waals surface area contributed by atoms with Crippen molar-refractivity contribution in [2.24, 2.45) is 5.73 Å². The number of piperidine rings is 1. The molecule has 0 radical (unpaired) electrons. The summed E-state index contributed by atoms with van der Waals surface area (Å²) in [5.74, 6) is -0.997. The Hall–Kier alpha value is -3.84. The Kier molecular flexibility index (Phi) is 7.28. The maximum atomic E-state index is 14.4. The van der Waals surface area contributed by atoms with Gasteiger partial charge >= 0.3 is 12.1 Å². The van der Waals surface area contributed by atoms with Crippen LogP contribution in [0.1, 0.15) is 39.5 Å². The Morgan fingerprint density at radius 2 is 1.67 bits per heavy atom. The lowest BCUT2D eigenvalue weighted by atomic mass is 9.90. The molecule has 3 aliphatic heterocycles. The Bertz CT molecular complexity index is 1650. The van der Waals surface area contributed by atoms with Crippen LogP contribution in [0.3, 0.4) is 0 Å². The van der Waals surface area contributed by atoms with E-state index in [0.717, 1.165) is 5.56 Å². The standard InChI is InChI=1S/C31H30F3N3O6/c1-17-3-4-19-12-26(31(32,33)34)43-16-20-15-36(27(38)13-23(20)22(19)11-17)24-14-25-30(42-10-9-41-25)37(2,29(24)40)21-7-5-18(6-8-21)28(35)39/h3-8,11,13,15,24-26,30H,9-10,12,14,16H2,1-2H3,(H-,35,39)/p+1/t24-,25+,26-,30?,37?/m0/s1. The summed E-state index contributed by atoms with van der Waals surface area (Å²) in [5.41, 5.74) is 8.29. The van der Waals surface area contributed by atoms with Gasteiger partial charge in [-0.1, -0.05) is 23.8 Å². The van der Waals surface area contributed by atoms with Gasteiger partial charge < -0.3 is 19.9 Å². The van der Waals surface area contributed by atoms with Gasteiger partial charge in [-0.05, 0) is 35.7 Å². The SMILES string of the molecule is Cc1ccc2c(c1)-c1cc(=O)n([C@H]3C[C@H]4OCCOC4[N+](C)(c4ccc(C(N)=O)cc4)C3=O)cc1CO[C@H](C(F)(F)F)C2. The largest absolute Gasteiger partial charge is 0.414 e. The number of aryl methyl sites for hydroxylation is 1. The minimum Gasteiger partial charge on any atom is -0.367 e. The number of carbonyl (C=O) groups is 2. The van der Waals surface area contributed by atoms with Crippen molar-refractivity contribution in [1.29, 1.82) is 0 Å². The van der Waals surface area contributed by atoms with Crippen LogP contribution in [0.5, 0.6) is 0 Å². The molecule has 2 fully saturated rings. The molecule has 1 aromatic heterocycles. The van der Waals surface area contributed by atoms with Gasteiger partial charge in [0.15, 0.2) is 12.1 Å². The molecule has 4 heterocycles. The molecule has 2 saturated heterocycles. The first-order chi connectivity index (χ1) is 20.4. The molecule has 226 valence electrons. The van der Waals surface area contributed by atoms with Crippen molar-refractivity contribution in [3.8, 4) is 11.1 Å². The van der Waals surface area contributed by atoms with Crippen LogP contribution in [0.25, 0.3) is 11.1 Å². The summed E-state index contributed by atoms with van der Waals surface area (Å²) in [6.45, 7) is 1.99. The summed E-state index contributed by atoms with van der Waals surface area (Å²) in [5, 5.41) is 0. The number of quaternary nitrogens is 1. The average molecular weight is 599 g/mol. The second-order valence-corrected chi connectivity index (χ2v) is 11.4. The van der Waals surface area contributed by atoms with Gasteiger partial charge in [0.25, 0.3) is 5.56 Å². The van der Waals surface area contributed by atoms with E-state index >= 15 is 0 Å². The second-order valence-electron chi connectivity index (χ2n) is 11.4. The summed E-state index contributed by atoms with van der Waals surface area (Å²) >= 11 is 0. The highest BCUT2D eigenvalue weighted by atomic mass is 19.4. The number of benzene rings is 2. The Morgan fingerprint density at radius 1 is 0.977 bits per heavy atom. The maximum absolute atomic E-state index is 14.4. The number of likely N-dealkylation sites (tertiary alicyclic amines) is 1. The van der Waals surface area contributed by atoms with Gasteiger partial charge in [0.2, 0.25) is 12.1 Å². The van der Waals surface area contributed by atoms with Crippen LogP contribution in [-0.2, 0) is 32.0 Å². The number of pyridine rings is 1. The third-order valence-electron chi connectivity index (χ3n) is 8.68. The van der Waals surface area contributed by atoms with E-state index in [1.54, 1.807) is 37.4 Å². The first-order valence-electron chi connectivity index (χ1n) is 14.0. The number of carbonyl (C=O) groups excluding carboxylic acids is 2. The zero-order chi connectivity index (χ0) is 30.7. The van der Waals surface area contributed by atoms with Gasteiger partial charge in [0.05, 0.1) is 26.9 Å². The fourth-order valence-electron chi connectivity index (χ4n) is 6.40. The zero-order valence-electron chi connectivity index (χ0n) is 23.6. The fraction of sp³-hybridized carbons (Fsp3) is 0.387. The Balaban J connectivity index is 1.46. The molecule has 9 nitrogen and oxygen atoms in total. The van der Waals surface area contributed by atoms with Crippen molar-refractivity contribution in [3.63, 3.8) is 0 Å². The van der Waals surface area contributed by atoms with Crippen LogP contribution in [-0.4, -0.2) is 61.3 Å². The third-order valence-corrected chi connectivity index (χ3v) is 8.68. The van der Waals surface area contributed by atoms with Gasteiger partial charge in [-0.3, -0.25) is 14.2 Å². The van der Waals surface area contributed by atoms with E-state index in [9.17, 15) is 27.6 Å². The molecule has 43 heavy (non-hydrogen) atoms. The predicted octanol–water partition coefficient (Wildman–Crippen LogP) is 3.78. The number of halogens is 3. The number of fused-ring (bicyclic) bond motifs is 4. The number of alkyl halides is 3. The lowest BCUT2D eigenvalue weighted by Crippen LogP contribution is -2.70. The smallest absolute Gasteiger partial charge is 0.367 e. The maximum Gasteiger partial charge on any atom is 0.414 e. The fourth-order valence-corrected chi connectivity index (χ4v) is 6.40. The van der Waals surface area contributed by atoms with Gasteiger partial charge in [-0.2, -0.15) is 13.2 Å². The summed E-state index contributed by atoms with van der Waals surface area (Å²) in [6.07, 6.45) is -6.73. The highest BCUT2D eigenvalue weighted by Gasteiger charge is 2.58. The van der Waals surface area contributed by atoms with Crippen molar-refractivity contribution in [2.45, 2.75) is 57.0 Å². The minimum atomic E-state index is -4.59. The van der Waals surface area contributed by atoms with Crippen LogP contribution in [0, 0.1) is 6.92 Å². The van der Waals surface area contributed by atoms with Crippen molar-refractivity contribution < 1.29 is 37.0 Å². The van der Waals surface area contributed by atoms with E-state index in [-0.39, 0.29) is 35.4 Å². The van der Waals surface area contributed by atoms with Gasteiger partial charge in [-0.25, -0.2) is 9.28 Å². The molecule has 2 N–H and O–H groups in total. The van der Waals surface area contributed by atoms with E-state index in [2.05, 4.69) is 0 Å². The number of likely N-dealkylation sites (N-methyl/N-ethyl adjacent to an activating group) is 1. The number of hydrogen-bond donors (Lipinski definition) is 1. The van der Waals surface area contributed by atoms with E-state index in [1.807, 2.05) is 6.92 Å². The van der Waals surface area contributed by atoms with E-state index in [0.29, 0.717) is 34.5 Å². The monoisotopic (exact) mass is 598 g/mol. The number of nitrogens with zero attached hydrogens (tertiary/aromatic N) is 2. The van der Waals surface area contributed by atoms with Crippen LogP contribution in [0.2, 0.25) is 0 Å². The second kappa shape index (κ2) is 10.7. The number of aromatic nitrogens is 1. The Labute approximate surface area is 245 Å². The molecule has 2 amide bonds. The summed E-state index contributed by atoms with van der Waals surface area (Å²) in [4.78, 5) is 39.8. The topological polar surface area (TPSA) is 110 Å². The van der Waals surface area contributed by atoms with Gasteiger partial charge in [0.1, 0.15) is 11.8 Å². The molecule has 2 unspecified atom stereocenters. The zero-order valence-corrected chi connectivity index (χ0v) is 23.6. The van der Waals surface area contributed by atoms with Crippen molar-refractivity contribution in [2.75, 3.05) is 20.3 Å². The summed E-state index contributed by atoms with van der Waals surface area (Å²) in [7, 11) is 1.66. The molecule has 3 aliphatic rings. The van der Waals surface area contributed by atoms with E-state index in [4.69, 9.17) is 19.9 Å². The number of hydrogen-bond acceptors (Lipinski definition) is 6. The molecule has 12 heteroatoms. The molecule has 0 spiro atoms. The molecule has 5 atom stereocenters. The highest BCUT2D eigenvalue weighted by Crippen LogP contribution is 2.41. The average Bonchev–Trinajstić information content (AvgIpc) is 2.96. The predicted molar refractivity (Wildman–Crippen MR) is 150 cm³/mol.